The van der Waals surface area contributed by atoms with Crippen molar-refractivity contribution < 1.29 is 4.79 Å². The summed E-state index contributed by atoms with van der Waals surface area (Å²) in [6, 6.07) is 7.34. The van der Waals surface area contributed by atoms with Gasteiger partial charge in [0.2, 0.25) is 5.91 Å². The average molecular weight is 216 g/mol. The quantitative estimate of drug-likeness (QED) is 0.435. The summed E-state index contributed by atoms with van der Waals surface area (Å²) >= 11 is 0. The molecule has 1 aliphatic rings. The summed E-state index contributed by atoms with van der Waals surface area (Å²) in [4.78, 5) is 16.0. The van der Waals surface area contributed by atoms with Crippen molar-refractivity contribution in [2.24, 2.45) is 5.11 Å². The van der Waals surface area contributed by atoms with Crippen LogP contribution in [0, 0.1) is 0 Å². The predicted molar refractivity (Wildman–Crippen MR) is 59.9 cm³/mol. The van der Waals surface area contributed by atoms with Gasteiger partial charge in [-0.25, -0.2) is 0 Å². The third kappa shape index (κ3) is 2.15. The van der Waals surface area contributed by atoms with Crippen molar-refractivity contribution in [3.63, 3.8) is 0 Å². The van der Waals surface area contributed by atoms with Crippen LogP contribution in [0.25, 0.3) is 10.4 Å². The lowest BCUT2D eigenvalue weighted by Crippen LogP contribution is -2.23. The normalized spacial score (nSPS) is 15.0. The van der Waals surface area contributed by atoms with Crippen molar-refractivity contribution in [2.45, 2.75) is 19.4 Å². The number of benzene rings is 1. The van der Waals surface area contributed by atoms with Gasteiger partial charge in [0.05, 0.1) is 0 Å². The van der Waals surface area contributed by atoms with Crippen molar-refractivity contribution in [3.05, 3.63) is 40.3 Å². The third-order valence-corrected chi connectivity index (χ3v) is 2.68. The SMILES string of the molecule is [N-]=[N+]=Nc1ccccc1CN1CCCC1=O. The molecule has 1 heterocycles. The first kappa shape index (κ1) is 10.5. The van der Waals surface area contributed by atoms with E-state index in [9.17, 15) is 4.79 Å². The maximum absolute atomic E-state index is 11.5. The van der Waals surface area contributed by atoms with Crippen molar-refractivity contribution in [1.82, 2.24) is 4.90 Å². The molecule has 1 aliphatic heterocycles. The summed E-state index contributed by atoms with van der Waals surface area (Å²) in [5.74, 6) is 0.177. The number of hydrogen-bond donors (Lipinski definition) is 0. The van der Waals surface area contributed by atoms with Crippen LogP contribution >= 0.6 is 0 Å². The maximum atomic E-state index is 11.5. The molecule has 2 rings (SSSR count). The standard InChI is InChI=1S/C11H12N4O/c12-14-13-10-5-2-1-4-9(10)8-15-7-3-6-11(15)16/h1-2,4-5H,3,6-8H2. The van der Waals surface area contributed by atoms with Gasteiger partial charge in [-0.2, -0.15) is 0 Å². The first-order valence-electron chi connectivity index (χ1n) is 5.22. The van der Waals surface area contributed by atoms with Gasteiger partial charge in [0, 0.05) is 30.1 Å². The number of rotatable bonds is 3. The smallest absolute Gasteiger partial charge is 0.222 e. The third-order valence-electron chi connectivity index (χ3n) is 2.68. The van der Waals surface area contributed by atoms with E-state index in [-0.39, 0.29) is 5.91 Å². The zero-order valence-corrected chi connectivity index (χ0v) is 8.83. The highest BCUT2D eigenvalue weighted by Crippen LogP contribution is 2.22. The number of nitrogens with zero attached hydrogens (tertiary/aromatic N) is 4. The molecule has 0 saturated carbocycles. The highest BCUT2D eigenvalue weighted by Gasteiger charge is 2.20. The number of amides is 1. The first-order chi connectivity index (χ1) is 7.81. The second-order valence-electron chi connectivity index (χ2n) is 3.74. The van der Waals surface area contributed by atoms with Crippen LogP contribution in [-0.2, 0) is 11.3 Å². The highest BCUT2D eigenvalue weighted by molar-refractivity contribution is 5.78. The predicted octanol–water partition coefficient (Wildman–Crippen LogP) is 2.75. The molecule has 5 heteroatoms. The second kappa shape index (κ2) is 4.68. The molecular formula is C11H12N4O. The van der Waals surface area contributed by atoms with Crippen LogP contribution < -0.4 is 0 Å². The molecule has 0 atom stereocenters. The Balaban J connectivity index is 2.20. The lowest BCUT2D eigenvalue weighted by atomic mass is 10.2. The van der Waals surface area contributed by atoms with Crippen molar-refractivity contribution in [2.75, 3.05) is 6.54 Å². The summed E-state index contributed by atoms with van der Waals surface area (Å²) in [5, 5.41) is 3.62. The summed E-state index contributed by atoms with van der Waals surface area (Å²) < 4.78 is 0. The minimum Gasteiger partial charge on any atom is -0.338 e. The van der Waals surface area contributed by atoms with Crippen LogP contribution in [0.2, 0.25) is 0 Å². The number of carbonyl (C=O) groups excluding carboxylic acids is 1. The molecule has 0 aromatic heterocycles. The largest absolute Gasteiger partial charge is 0.338 e. The zero-order valence-electron chi connectivity index (χ0n) is 8.83. The Morgan fingerprint density at radius 2 is 2.25 bits per heavy atom. The summed E-state index contributed by atoms with van der Waals surface area (Å²) in [6.07, 6.45) is 1.55. The van der Waals surface area contributed by atoms with Gasteiger partial charge in [-0.3, -0.25) is 4.79 Å². The highest BCUT2D eigenvalue weighted by atomic mass is 16.2. The van der Waals surface area contributed by atoms with E-state index >= 15 is 0 Å². The van der Waals surface area contributed by atoms with Gasteiger partial charge in [-0.15, -0.1) is 0 Å². The number of hydrogen-bond acceptors (Lipinski definition) is 2. The van der Waals surface area contributed by atoms with E-state index in [1.807, 2.05) is 18.2 Å². The van der Waals surface area contributed by atoms with Gasteiger partial charge in [-0.05, 0) is 17.5 Å². The molecule has 0 bridgehead atoms. The lowest BCUT2D eigenvalue weighted by molar-refractivity contribution is -0.128. The molecule has 82 valence electrons. The van der Waals surface area contributed by atoms with E-state index in [1.54, 1.807) is 11.0 Å². The van der Waals surface area contributed by atoms with Gasteiger partial charge in [0.25, 0.3) is 0 Å². The van der Waals surface area contributed by atoms with E-state index < -0.39 is 0 Å². The molecule has 0 radical (unpaired) electrons. The van der Waals surface area contributed by atoms with Crippen LogP contribution in [-0.4, -0.2) is 17.4 Å². The maximum Gasteiger partial charge on any atom is 0.222 e. The monoisotopic (exact) mass is 216 g/mol. The Kier molecular flexibility index (Phi) is 3.08. The van der Waals surface area contributed by atoms with E-state index in [1.165, 1.54) is 0 Å². The Morgan fingerprint density at radius 1 is 1.44 bits per heavy atom. The molecule has 1 aromatic rings. The van der Waals surface area contributed by atoms with Crippen LogP contribution in [0.1, 0.15) is 18.4 Å². The van der Waals surface area contributed by atoms with Gasteiger partial charge >= 0.3 is 0 Å². The average Bonchev–Trinajstić information content (AvgIpc) is 2.68. The van der Waals surface area contributed by atoms with Crippen LogP contribution in [0.3, 0.4) is 0 Å². The van der Waals surface area contributed by atoms with E-state index in [0.29, 0.717) is 18.7 Å². The Morgan fingerprint density at radius 3 is 2.94 bits per heavy atom. The van der Waals surface area contributed by atoms with Gasteiger partial charge < -0.3 is 4.90 Å². The molecule has 5 nitrogen and oxygen atoms in total. The zero-order chi connectivity index (χ0) is 11.4. The minimum absolute atomic E-state index is 0.177. The van der Waals surface area contributed by atoms with E-state index in [0.717, 1.165) is 18.5 Å². The Hall–Kier alpha value is -2.00. The van der Waals surface area contributed by atoms with E-state index in [4.69, 9.17) is 5.53 Å². The molecule has 0 spiro atoms. The first-order valence-corrected chi connectivity index (χ1v) is 5.22. The Bertz CT molecular complexity index is 451. The molecule has 0 aliphatic carbocycles. The van der Waals surface area contributed by atoms with Crippen LogP contribution in [0.5, 0.6) is 0 Å². The fraction of sp³-hybridized carbons (Fsp3) is 0.364. The molecule has 1 amide bonds. The summed E-state index contributed by atoms with van der Waals surface area (Å²) in [7, 11) is 0. The molecule has 0 unspecified atom stereocenters. The number of carbonyl (C=O) groups is 1. The minimum atomic E-state index is 0.177. The van der Waals surface area contributed by atoms with Crippen molar-refractivity contribution in [1.29, 1.82) is 0 Å². The topological polar surface area (TPSA) is 69.1 Å². The molecule has 1 saturated heterocycles. The lowest BCUT2D eigenvalue weighted by Gasteiger charge is -2.16. The van der Waals surface area contributed by atoms with Crippen LogP contribution in [0.15, 0.2) is 29.4 Å². The molecule has 0 N–H and O–H groups in total. The fourth-order valence-corrected chi connectivity index (χ4v) is 1.87. The summed E-state index contributed by atoms with van der Waals surface area (Å²) in [5.41, 5.74) is 9.94. The van der Waals surface area contributed by atoms with E-state index in [2.05, 4.69) is 10.0 Å². The fourth-order valence-electron chi connectivity index (χ4n) is 1.87. The second-order valence-corrected chi connectivity index (χ2v) is 3.74. The van der Waals surface area contributed by atoms with Crippen molar-refractivity contribution in [3.8, 4) is 0 Å². The Labute approximate surface area is 93.3 Å². The van der Waals surface area contributed by atoms with Gasteiger partial charge in [0.1, 0.15) is 0 Å². The van der Waals surface area contributed by atoms with Gasteiger partial charge in [-0.1, -0.05) is 29.4 Å². The number of azide groups is 1. The molecule has 1 aromatic carbocycles. The summed E-state index contributed by atoms with van der Waals surface area (Å²) in [6.45, 7) is 1.33. The molecule has 16 heavy (non-hydrogen) atoms. The van der Waals surface area contributed by atoms with Gasteiger partial charge in [0.15, 0.2) is 0 Å². The molecule has 1 fully saturated rings. The van der Waals surface area contributed by atoms with Crippen molar-refractivity contribution >= 4 is 11.6 Å². The molecular weight excluding hydrogens is 204 g/mol. The van der Waals surface area contributed by atoms with Crippen LogP contribution in [0.4, 0.5) is 5.69 Å². The number of likely N-dealkylation sites (tertiary alicyclic amines) is 1.